The molecule has 0 radical (unpaired) electrons. The van der Waals surface area contributed by atoms with Gasteiger partial charge in [0.2, 0.25) is 0 Å². The molecule has 0 aliphatic carbocycles. The van der Waals surface area contributed by atoms with E-state index in [0.717, 1.165) is 141 Å². The van der Waals surface area contributed by atoms with Crippen molar-refractivity contribution in [2.24, 2.45) is 5.73 Å². The van der Waals surface area contributed by atoms with E-state index in [-0.39, 0.29) is 38.6 Å². The molecule has 0 aliphatic heterocycles. The first-order valence-corrected chi connectivity index (χ1v) is 38.8. The monoisotopic (exact) mass is 1310 g/mol. The average molecular weight is 1310 g/mol. The van der Waals surface area contributed by atoms with E-state index in [1.165, 1.54) is 122 Å². The van der Waals surface area contributed by atoms with Gasteiger partial charge in [0.15, 0.2) is 6.10 Å². The van der Waals surface area contributed by atoms with Crippen molar-refractivity contribution in [1.29, 1.82) is 0 Å². The number of hydrogen-bond acceptors (Lipinski definition) is 8. The van der Waals surface area contributed by atoms with Crippen molar-refractivity contribution < 1.29 is 37.6 Å². The van der Waals surface area contributed by atoms with Crippen molar-refractivity contribution in [2.75, 3.05) is 26.4 Å². The number of esters is 2. The Bertz CT molecular complexity index is 2180. The molecule has 3 N–H and O–H groups in total. The Morgan fingerprint density at radius 3 is 0.828 bits per heavy atom. The molecule has 526 valence electrons. The molecular formula is C83H136NO8P. The van der Waals surface area contributed by atoms with E-state index in [1.54, 1.807) is 0 Å². The Morgan fingerprint density at radius 2 is 0.559 bits per heavy atom. The van der Waals surface area contributed by atoms with E-state index in [4.69, 9.17) is 24.3 Å². The number of carbonyl (C=O) groups is 2. The molecule has 0 fully saturated rings. The molecule has 0 aromatic carbocycles. The smallest absolute Gasteiger partial charge is 0.462 e. The van der Waals surface area contributed by atoms with Crippen LogP contribution in [0.5, 0.6) is 0 Å². The van der Waals surface area contributed by atoms with Crippen LogP contribution in [0.3, 0.4) is 0 Å². The lowest BCUT2D eigenvalue weighted by atomic mass is 10.0. The number of ether oxygens (including phenoxy) is 2. The highest BCUT2D eigenvalue weighted by atomic mass is 31.2. The number of phosphoric acid groups is 1. The summed E-state index contributed by atoms with van der Waals surface area (Å²) in [6, 6.07) is 0. The van der Waals surface area contributed by atoms with Crippen molar-refractivity contribution in [2.45, 2.75) is 302 Å². The summed E-state index contributed by atoms with van der Waals surface area (Å²) in [5, 5.41) is 0. The maximum Gasteiger partial charge on any atom is 0.472 e. The zero-order chi connectivity index (χ0) is 67.2. The van der Waals surface area contributed by atoms with E-state index < -0.39 is 26.5 Å². The van der Waals surface area contributed by atoms with Crippen molar-refractivity contribution >= 4 is 19.8 Å². The third-order valence-electron chi connectivity index (χ3n) is 15.3. The highest BCUT2D eigenvalue weighted by Gasteiger charge is 2.26. The number of hydrogen-bond donors (Lipinski definition) is 2. The van der Waals surface area contributed by atoms with Gasteiger partial charge in [0, 0.05) is 19.4 Å². The summed E-state index contributed by atoms with van der Waals surface area (Å²) in [4.78, 5) is 35.4. The zero-order valence-electron chi connectivity index (χ0n) is 59.2. The van der Waals surface area contributed by atoms with Gasteiger partial charge in [-0.05, 0) is 135 Å². The summed E-state index contributed by atoms with van der Waals surface area (Å²) < 4.78 is 33.2. The van der Waals surface area contributed by atoms with E-state index in [9.17, 15) is 19.0 Å². The van der Waals surface area contributed by atoms with Crippen molar-refractivity contribution in [3.8, 4) is 0 Å². The average Bonchev–Trinajstić information content (AvgIpc) is 3.04. The molecule has 0 heterocycles. The highest BCUT2D eigenvalue weighted by Crippen LogP contribution is 2.43. The predicted molar refractivity (Wildman–Crippen MR) is 403 cm³/mol. The number of nitrogens with two attached hydrogens (primary N) is 1. The minimum Gasteiger partial charge on any atom is -0.462 e. The molecule has 9 nitrogen and oxygen atoms in total. The van der Waals surface area contributed by atoms with Crippen molar-refractivity contribution in [3.63, 3.8) is 0 Å². The van der Waals surface area contributed by atoms with Crippen LogP contribution >= 0.6 is 7.82 Å². The molecule has 93 heavy (non-hydrogen) atoms. The lowest BCUT2D eigenvalue weighted by Crippen LogP contribution is -2.29. The van der Waals surface area contributed by atoms with Gasteiger partial charge in [-0.2, -0.15) is 0 Å². The number of phosphoric ester groups is 1. The second kappa shape index (κ2) is 76.1. The summed E-state index contributed by atoms with van der Waals surface area (Å²) in [6.07, 6.45) is 114. The lowest BCUT2D eigenvalue weighted by Gasteiger charge is -2.19. The number of allylic oxidation sites excluding steroid dienone is 30. The maximum absolute atomic E-state index is 12.8. The van der Waals surface area contributed by atoms with Gasteiger partial charge in [-0.3, -0.25) is 18.6 Å². The number of carbonyl (C=O) groups excluding carboxylic acids is 2. The fourth-order valence-electron chi connectivity index (χ4n) is 9.87. The van der Waals surface area contributed by atoms with Crippen LogP contribution in [0.15, 0.2) is 182 Å². The Balaban J connectivity index is 3.92. The van der Waals surface area contributed by atoms with E-state index in [2.05, 4.69) is 196 Å². The third-order valence-corrected chi connectivity index (χ3v) is 16.3. The Labute approximate surface area is 571 Å². The van der Waals surface area contributed by atoms with Crippen LogP contribution < -0.4 is 5.73 Å². The molecule has 0 spiro atoms. The minimum atomic E-state index is -4.41. The van der Waals surface area contributed by atoms with Crippen LogP contribution in [-0.4, -0.2) is 49.3 Å². The van der Waals surface area contributed by atoms with Gasteiger partial charge in [0.25, 0.3) is 0 Å². The molecule has 10 heteroatoms. The minimum absolute atomic E-state index is 0.0456. The van der Waals surface area contributed by atoms with E-state index >= 15 is 0 Å². The molecule has 0 bridgehead atoms. The molecular weight excluding hydrogens is 1170 g/mol. The van der Waals surface area contributed by atoms with E-state index in [1.807, 2.05) is 0 Å². The summed E-state index contributed by atoms with van der Waals surface area (Å²) in [6.45, 7) is 3.52. The molecule has 0 aliphatic rings. The van der Waals surface area contributed by atoms with Gasteiger partial charge in [-0.1, -0.05) is 331 Å². The predicted octanol–water partition coefficient (Wildman–Crippen LogP) is 25.1. The SMILES string of the molecule is CC/C=C\C/C=C\C/C=C\C/C=C\C/C=C\C/C=C\C/C=C\C/C=C\CCCCCCCCCCCCCCC(=O)OC(COC(=O)CCCCCCCCCCCCCCC/C=C\C/C=C\C/C=C\C/C=C\C/C=C\C/C=C\C/C=C\CC)COP(=O)(O)OCCN. The quantitative estimate of drug-likeness (QED) is 0.0264. The normalized spacial score (nSPS) is 14.0. The molecule has 0 rings (SSSR count). The van der Waals surface area contributed by atoms with Gasteiger partial charge in [0.1, 0.15) is 6.61 Å². The van der Waals surface area contributed by atoms with Crippen LogP contribution in [0, 0.1) is 0 Å². The molecule has 0 saturated carbocycles. The lowest BCUT2D eigenvalue weighted by molar-refractivity contribution is -0.161. The fourth-order valence-corrected chi connectivity index (χ4v) is 10.6. The molecule has 0 aromatic rings. The van der Waals surface area contributed by atoms with Crippen LogP contribution in [0.4, 0.5) is 0 Å². The van der Waals surface area contributed by atoms with Gasteiger partial charge in [0.05, 0.1) is 13.2 Å². The standard InChI is InChI=1S/C83H136NO8P/c1-3-5-7-9-11-13-15-17-19-21-23-25-27-29-31-33-35-37-39-40-42-44-46-48-50-52-54-56-58-60-62-64-66-68-70-72-74-76-83(86)92-81(80-91-93(87,88)90-78-77-84)79-89-82(85)75-73-71-69-67-65-63-61-59-57-55-53-51-49-47-45-43-41-38-36-34-32-30-28-26-24-22-20-18-16-14-12-10-8-6-4-2/h5-8,11-14,17-20,23-26,29-32,35-38,40,42-43,45-46,48,81H,3-4,9-10,15-16,21-22,27-28,33-34,39,41,44,47,49-80,84H2,1-2H3,(H,87,88)/b7-5-,8-6-,13-11-,14-12-,19-17-,20-18-,25-23-,26-24-,31-29-,32-30-,37-35-,38-36-,42-40-,45-43-,48-46-. The number of unbranched alkanes of at least 4 members (excludes halogenated alkanes) is 25. The first-order valence-electron chi connectivity index (χ1n) is 37.3. The topological polar surface area (TPSA) is 134 Å². The fraction of sp³-hybridized carbons (Fsp3) is 0.614. The van der Waals surface area contributed by atoms with Crippen LogP contribution in [-0.2, 0) is 32.7 Å². The summed E-state index contributed by atoms with van der Waals surface area (Å²) in [5.74, 6) is -0.835. The second-order valence-corrected chi connectivity index (χ2v) is 25.5. The molecule has 0 amide bonds. The largest absolute Gasteiger partial charge is 0.472 e. The van der Waals surface area contributed by atoms with Crippen molar-refractivity contribution in [1.82, 2.24) is 0 Å². The first-order chi connectivity index (χ1) is 45.8. The van der Waals surface area contributed by atoms with Gasteiger partial charge in [-0.15, -0.1) is 0 Å². The Morgan fingerprint density at radius 1 is 0.323 bits per heavy atom. The molecule has 0 aromatic heterocycles. The number of rotatable bonds is 68. The maximum atomic E-state index is 12.8. The zero-order valence-corrected chi connectivity index (χ0v) is 60.1. The van der Waals surface area contributed by atoms with Gasteiger partial charge < -0.3 is 20.1 Å². The van der Waals surface area contributed by atoms with Gasteiger partial charge in [-0.25, -0.2) is 4.57 Å². The summed E-state index contributed by atoms with van der Waals surface area (Å²) in [7, 11) is -4.41. The van der Waals surface area contributed by atoms with Crippen LogP contribution in [0.2, 0.25) is 0 Å². The summed E-state index contributed by atoms with van der Waals surface area (Å²) >= 11 is 0. The highest BCUT2D eigenvalue weighted by molar-refractivity contribution is 7.47. The van der Waals surface area contributed by atoms with Crippen LogP contribution in [0.1, 0.15) is 296 Å². The van der Waals surface area contributed by atoms with Gasteiger partial charge >= 0.3 is 19.8 Å². The third kappa shape index (κ3) is 76.0. The molecule has 2 atom stereocenters. The van der Waals surface area contributed by atoms with Crippen LogP contribution in [0.25, 0.3) is 0 Å². The second-order valence-electron chi connectivity index (χ2n) is 24.0. The first kappa shape index (κ1) is 88.1. The van der Waals surface area contributed by atoms with Crippen molar-refractivity contribution in [3.05, 3.63) is 182 Å². The van der Waals surface area contributed by atoms with E-state index in [0.29, 0.717) is 6.42 Å². The summed E-state index contributed by atoms with van der Waals surface area (Å²) in [5.41, 5.74) is 5.41. The Kier molecular flexibility index (Phi) is 72.1. The molecule has 0 saturated heterocycles. The Hall–Kier alpha value is -4.89. The molecule has 2 unspecified atom stereocenters.